The van der Waals surface area contributed by atoms with Crippen LogP contribution in [0.2, 0.25) is 0 Å². The SMILES string of the molecule is CC1CC=C(N)C(C)(C)C1.Cl. The Kier molecular flexibility index (Phi) is 3.43. The van der Waals surface area contributed by atoms with Crippen molar-refractivity contribution in [3.63, 3.8) is 0 Å². The van der Waals surface area contributed by atoms with Crippen LogP contribution < -0.4 is 5.73 Å². The average molecular weight is 176 g/mol. The minimum atomic E-state index is 0. The standard InChI is InChI=1S/C9H17N.ClH/c1-7-4-5-8(10)9(2,3)6-7;/h5,7H,4,6,10H2,1-3H3;1H. The van der Waals surface area contributed by atoms with Crippen LogP contribution in [0, 0.1) is 11.3 Å². The summed E-state index contributed by atoms with van der Waals surface area (Å²) in [5, 5.41) is 0. The van der Waals surface area contributed by atoms with Gasteiger partial charge in [0.2, 0.25) is 0 Å². The lowest BCUT2D eigenvalue weighted by Crippen LogP contribution is -2.27. The number of hydrogen-bond acceptors (Lipinski definition) is 1. The summed E-state index contributed by atoms with van der Waals surface area (Å²) in [6.07, 6.45) is 4.57. The molecule has 0 radical (unpaired) electrons. The molecular weight excluding hydrogens is 158 g/mol. The van der Waals surface area contributed by atoms with Gasteiger partial charge in [-0.15, -0.1) is 12.4 Å². The Hall–Kier alpha value is -0.170. The molecule has 11 heavy (non-hydrogen) atoms. The molecule has 1 unspecified atom stereocenters. The van der Waals surface area contributed by atoms with Crippen molar-refractivity contribution in [3.05, 3.63) is 11.8 Å². The van der Waals surface area contributed by atoms with Gasteiger partial charge in [-0.1, -0.05) is 26.8 Å². The molecule has 1 aliphatic carbocycles. The Balaban J connectivity index is 0.000001000. The van der Waals surface area contributed by atoms with Crippen molar-refractivity contribution in [2.45, 2.75) is 33.6 Å². The second-order valence-electron chi connectivity index (χ2n) is 4.09. The maximum atomic E-state index is 5.84. The van der Waals surface area contributed by atoms with Crippen LogP contribution in [-0.2, 0) is 0 Å². The molecule has 2 heteroatoms. The molecule has 0 aromatic carbocycles. The van der Waals surface area contributed by atoms with Crippen molar-refractivity contribution in [3.8, 4) is 0 Å². The number of hydrogen-bond donors (Lipinski definition) is 1. The van der Waals surface area contributed by atoms with E-state index in [4.69, 9.17) is 5.73 Å². The van der Waals surface area contributed by atoms with Crippen molar-refractivity contribution in [2.24, 2.45) is 17.1 Å². The smallest absolute Gasteiger partial charge is 0.00975 e. The molecule has 0 bridgehead atoms. The van der Waals surface area contributed by atoms with E-state index >= 15 is 0 Å². The predicted molar refractivity (Wildman–Crippen MR) is 51.7 cm³/mol. The Labute approximate surface area is 75.5 Å². The van der Waals surface area contributed by atoms with Gasteiger partial charge in [0.05, 0.1) is 0 Å². The zero-order valence-electron chi connectivity index (χ0n) is 7.55. The Bertz CT molecular complexity index is 161. The highest BCUT2D eigenvalue weighted by Gasteiger charge is 2.26. The molecule has 0 aromatic heterocycles. The van der Waals surface area contributed by atoms with Crippen LogP contribution in [-0.4, -0.2) is 0 Å². The minimum absolute atomic E-state index is 0. The number of nitrogens with two attached hydrogens (primary N) is 1. The normalized spacial score (nSPS) is 28.6. The van der Waals surface area contributed by atoms with E-state index in [1.165, 1.54) is 6.42 Å². The fourth-order valence-corrected chi connectivity index (χ4v) is 1.68. The molecule has 1 aliphatic rings. The summed E-state index contributed by atoms with van der Waals surface area (Å²) in [7, 11) is 0. The molecule has 0 saturated heterocycles. The van der Waals surface area contributed by atoms with Crippen LogP contribution in [0.3, 0.4) is 0 Å². The van der Waals surface area contributed by atoms with E-state index < -0.39 is 0 Å². The summed E-state index contributed by atoms with van der Waals surface area (Å²) in [5.74, 6) is 0.808. The monoisotopic (exact) mass is 175 g/mol. The van der Waals surface area contributed by atoms with E-state index in [-0.39, 0.29) is 17.8 Å². The van der Waals surface area contributed by atoms with Crippen molar-refractivity contribution < 1.29 is 0 Å². The van der Waals surface area contributed by atoms with Gasteiger partial charge in [0.15, 0.2) is 0 Å². The number of allylic oxidation sites excluding steroid dienone is 2. The lowest BCUT2D eigenvalue weighted by Gasteiger charge is -2.32. The maximum absolute atomic E-state index is 5.84. The van der Waals surface area contributed by atoms with Gasteiger partial charge in [0, 0.05) is 11.1 Å². The van der Waals surface area contributed by atoms with Crippen LogP contribution in [0.5, 0.6) is 0 Å². The predicted octanol–water partition coefficient (Wildman–Crippen LogP) is 2.71. The van der Waals surface area contributed by atoms with Crippen molar-refractivity contribution in [1.82, 2.24) is 0 Å². The van der Waals surface area contributed by atoms with E-state index in [0.29, 0.717) is 0 Å². The molecule has 0 fully saturated rings. The summed E-state index contributed by atoms with van der Waals surface area (Å²) in [5.41, 5.74) is 7.16. The van der Waals surface area contributed by atoms with Crippen molar-refractivity contribution >= 4 is 12.4 Å². The lowest BCUT2D eigenvalue weighted by atomic mass is 9.75. The first-order chi connectivity index (χ1) is 4.52. The Morgan fingerprint density at radius 3 is 2.45 bits per heavy atom. The summed E-state index contributed by atoms with van der Waals surface area (Å²) in [6, 6.07) is 0. The van der Waals surface area contributed by atoms with Crippen LogP contribution >= 0.6 is 12.4 Å². The molecule has 1 nitrogen and oxygen atoms in total. The topological polar surface area (TPSA) is 26.0 Å². The van der Waals surface area contributed by atoms with E-state index in [1.807, 2.05) is 0 Å². The highest BCUT2D eigenvalue weighted by molar-refractivity contribution is 5.85. The quantitative estimate of drug-likeness (QED) is 0.602. The third-order valence-corrected chi connectivity index (χ3v) is 2.38. The Morgan fingerprint density at radius 2 is 2.09 bits per heavy atom. The molecule has 0 aliphatic heterocycles. The lowest BCUT2D eigenvalue weighted by molar-refractivity contribution is 0.306. The van der Waals surface area contributed by atoms with Gasteiger partial charge >= 0.3 is 0 Å². The molecule has 1 rings (SSSR count). The molecule has 0 amide bonds. The summed E-state index contributed by atoms with van der Waals surface area (Å²) in [6.45, 7) is 6.72. The first-order valence-electron chi connectivity index (χ1n) is 3.98. The molecule has 0 aromatic rings. The minimum Gasteiger partial charge on any atom is -0.402 e. The van der Waals surface area contributed by atoms with Gasteiger partial charge < -0.3 is 5.73 Å². The molecule has 0 saturated carbocycles. The van der Waals surface area contributed by atoms with E-state index in [9.17, 15) is 0 Å². The Morgan fingerprint density at radius 1 is 1.55 bits per heavy atom. The van der Waals surface area contributed by atoms with Gasteiger partial charge in [0.25, 0.3) is 0 Å². The fraction of sp³-hybridized carbons (Fsp3) is 0.778. The van der Waals surface area contributed by atoms with Gasteiger partial charge in [-0.25, -0.2) is 0 Å². The molecule has 0 spiro atoms. The van der Waals surface area contributed by atoms with Crippen LogP contribution in [0.15, 0.2) is 11.8 Å². The zero-order chi connectivity index (χ0) is 7.78. The summed E-state index contributed by atoms with van der Waals surface area (Å²) >= 11 is 0. The fourth-order valence-electron chi connectivity index (χ4n) is 1.68. The first kappa shape index (κ1) is 10.8. The molecule has 1 atom stereocenters. The van der Waals surface area contributed by atoms with Gasteiger partial charge in [0.1, 0.15) is 0 Å². The van der Waals surface area contributed by atoms with Gasteiger partial charge in [-0.3, -0.25) is 0 Å². The average Bonchev–Trinajstić information content (AvgIpc) is 1.78. The number of halogens is 1. The zero-order valence-corrected chi connectivity index (χ0v) is 8.37. The second kappa shape index (κ2) is 3.48. The van der Waals surface area contributed by atoms with E-state index in [1.54, 1.807) is 0 Å². The third-order valence-electron chi connectivity index (χ3n) is 2.38. The molecule has 66 valence electrons. The highest BCUT2D eigenvalue weighted by atomic mass is 35.5. The second-order valence-corrected chi connectivity index (χ2v) is 4.09. The van der Waals surface area contributed by atoms with Crippen LogP contribution in [0.25, 0.3) is 0 Å². The third kappa shape index (κ3) is 2.41. The van der Waals surface area contributed by atoms with Gasteiger partial charge in [-0.05, 0) is 18.8 Å². The number of rotatable bonds is 0. The highest BCUT2D eigenvalue weighted by Crippen LogP contribution is 2.36. The summed E-state index contributed by atoms with van der Waals surface area (Å²) < 4.78 is 0. The van der Waals surface area contributed by atoms with Gasteiger partial charge in [-0.2, -0.15) is 0 Å². The largest absolute Gasteiger partial charge is 0.402 e. The molecular formula is C9H18ClN. The maximum Gasteiger partial charge on any atom is 0.00975 e. The summed E-state index contributed by atoms with van der Waals surface area (Å²) in [4.78, 5) is 0. The molecule has 0 heterocycles. The molecule has 2 N–H and O–H groups in total. The van der Waals surface area contributed by atoms with Crippen LogP contribution in [0.1, 0.15) is 33.6 Å². The van der Waals surface area contributed by atoms with Crippen LogP contribution in [0.4, 0.5) is 0 Å². The van der Waals surface area contributed by atoms with Crippen molar-refractivity contribution in [2.75, 3.05) is 0 Å². The van der Waals surface area contributed by atoms with E-state index in [2.05, 4.69) is 26.8 Å². The first-order valence-corrected chi connectivity index (χ1v) is 3.98. The van der Waals surface area contributed by atoms with Crippen molar-refractivity contribution in [1.29, 1.82) is 0 Å². The van der Waals surface area contributed by atoms with E-state index in [0.717, 1.165) is 18.0 Å².